The van der Waals surface area contributed by atoms with E-state index in [9.17, 15) is 19.8 Å². The molecule has 1 aromatic rings. The van der Waals surface area contributed by atoms with Gasteiger partial charge in [0.1, 0.15) is 6.04 Å². The van der Waals surface area contributed by atoms with Gasteiger partial charge in [-0.05, 0) is 35.6 Å². The van der Waals surface area contributed by atoms with Gasteiger partial charge in [0, 0.05) is 5.69 Å². The number of anilines is 1. The van der Waals surface area contributed by atoms with Crippen LogP contribution in [0.15, 0.2) is 18.2 Å². The average Bonchev–Trinajstić information content (AvgIpc) is 2.53. The third kappa shape index (κ3) is 5.88. The molecule has 0 radical (unpaired) electrons. The van der Waals surface area contributed by atoms with Crippen molar-refractivity contribution in [3.63, 3.8) is 0 Å². The Kier molecular flexibility index (Phi) is 7.50. The zero-order valence-electron chi connectivity index (χ0n) is 13.6. The molecule has 1 aromatic carbocycles. The second-order valence-corrected chi connectivity index (χ2v) is 5.61. The Bertz CT molecular complexity index is 545. The van der Waals surface area contributed by atoms with E-state index in [-0.39, 0.29) is 25.0 Å². The predicted molar refractivity (Wildman–Crippen MR) is 85.7 cm³/mol. The van der Waals surface area contributed by atoms with Gasteiger partial charge in [-0.1, -0.05) is 19.9 Å². The van der Waals surface area contributed by atoms with Crippen molar-refractivity contribution in [2.24, 2.45) is 5.92 Å². The van der Waals surface area contributed by atoms with Crippen molar-refractivity contribution in [3.8, 4) is 0 Å². The summed E-state index contributed by atoms with van der Waals surface area (Å²) in [5.74, 6) is -0.169. The predicted octanol–water partition coefficient (Wildman–Crippen LogP) is 1.38. The first-order valence-electron chi connectivity index (χ1n) is 7.40. The van der Waals surface area contributed by atoms with Crippen LogP contribution in [0, 0.1) is 5.92 Å². The minimum Gasteiger partial charge on any atom is -0.453 e. The summed E-state index contributed by atoms with van der Waals surface area (Å²) >= 11 is 0. The number of rotatable bonds is 7. The summed E-state index contributed by atoms with van der Waals surface area (Å²) in [6.45, 7) is 3.46. The first kappa shape index (κ1) is 18.9. The van der Waals surface area contributed by atoms with E-state index >= 15 is 0 Å². The van der Waals surface area contributed by atoms with Gasteiger partial charge in [-0.25, -0.2) is 4.79 Å². The number of hydrogen-bond acceptors (Lipinski definition) is 5. The van der Waals surface area contributed by atoms with Crippen LogP contribution in [0.4, 0.5) is 10.5 Å². The number of alkyl carbamates (subject to hydrolysis) is 1. The zero-order chi connectivity index (χ0) is 17.4. The molecular formula is C16H24N2O5. The average molecular weight is 324 g/mol. The molecule has 0 spiro atoms. The highest BCUT2D eigenvalue weighted by molar-refractivity contribution is 5.96. The third-order valence-electron chi connectivity index (χ3n) is 3.32. The normalized spacial score (nSPS) is 11.9. The molecule has 1 rings (SSSR count). The lowest BCUT2D eigenvalue weighted by atomic mass is 10.0. The van der Waals surface area contributed by atoms with Gasteiger partial charge < -0.3 is 25.6 Å². The molecule has 7 nitrogen and oxygen atoms in total. The first-order chi connectivity index (χ1) is 10.9. The van der Waals surface area contributed by atoms with E-state index in [0.717, 1.165) is 0 Å². The molecule has 1 unspecified atom stereocenters. The summed E-state index contributed by atoms with van der Waals surface area (Å²) in [6.07, 6.45) is -0.208. The fourth-order valence-corrected chi connectivity index (χ4v) is 2.14. The quantitative estimate of drug-likeness (QED) is 0.606. The smallest absolute Gasteiger partial charge is 0.407 e. The summed E-state index contributed by atoms with van der Waals surface area (Å²) in [4.78, 5) is 23.7. The number of methoxy groups -OCH3 is 1. The fraction of sp³-hybridized carbons (Fsp3) is 0.500. The van der Waals surface area contributed by atoms with E-state index in [2.05, 4.69) is 15.4 Å². The summed E-state index contributed by atoms with van der Waals surface area (Å²) in [5.41, 5.74) is 1.61. The monoisotopic (exact) mass is 324 g/mol. The number of carbonyl (C=O) groups is 2. The zero-order valence-corrected chi connectivity index (χ0v) is 13.6. The van der Waals surface area contributed by atoms with Gasteiger partial charge in [-0.15, -0.1) is 0 Å². The number of ether oxygens (including phenoxy) is 1. The highest BCUT2D eigenvalue weighted by atomic mass is 16.5. The van der Waals surface area contributed by atoms with E-state index < -0.39 is 12.1 Å². The maximum atomic E-state index is 12.4. The standard InChI is InChI=1S/C16H24N2O5/c1-10(2)6-14(18-16(22)23-3)15(21)17-13-5-4-11(8-19)12(7-13)9-20/h4-5,7,10,14,19-20H,6,8-9H2,1-3H3,(H,17,21)(H,18,22). The molecule has 128 valence electrons. The Morgan fingerprint density at radius 1 is 1.17 bits per heavy atom. The second-order valence-electron chi connectivity index (χ2n) is 5.61. The number of aliphatic hydroxyl groups is 2. The number of hydrogen-bond donors (Lipinski definition) is 4. The molecule has 0 aromatic heterocycles. The summed E-state index contributed by atoms with van der Waals surface area (Å²) < 4.78 is 4.54. The van der Waals surface area contributed by atoms with Crippen LogP contribution in [0.5, 0.6) is 0 Å². The Labute approximate surface area is 135 Å². The molecule has 7 heteroatoms. The minimum atomic E-state index is -0.724. The van der Waals surface area contributed by atoms with E-state index in [1.54, 1.807) is 18.2 Å². The van der Waals surface area contributed by atoms with Crippen molar-refractivity contribution >= 4 is 17.7 Å². The molecule has 0 aliphatic heterocycles. The molecule has 23 heavy (non-hydrogen) atoms. The van der Waals surface area contributed by atoms with Crippen molar-refractivity contribution in [2.45, 2.75) is 39.5 Å². The van der Waals surface area contributed by atoms with Crippen LogP contribution in [0.1, 0.15) is 31.4 Å². The lowest BCUT2D eigenvalue weighted by Gasteiger charge is -2.20. The highest BCUT2D eigenvalue weighted by Crippen LogP contribution is 2.17. The molecule has 0 saturated carbocycles. The van der Waals surface area contributed by atoms with E-state index in [1.165, 1.54) is 7.11 Å². The van der Waals surface area contributed by atoms with Crippen molar-refractivity contribution < 1.29 is 24.5 Å². The van der Waals surface area contributed by atoms with Gasteiger partial charge in [-0.3, -0.25) is 4.79 Å². The van der Waals surface area contributed by atoms with Crippen molar-refractivity contribution in [1.29, 1.82) is 0 Å². The Morgan fingerprint density at radius 2 is 1.83 bits per heavy atom. The number of nitrogens with one attached hydrogen (secondary N) is 2. The lowest BCUT2D eigenvalue weighted by molar-refractivity contribution is -0.118. The highest BCUT2D eigenvalue weighted by Gasteiger charge is 2.22. The SMILES string of the molecule is COC(=O)NC(CC(C)C)C(=O)Nc1ccc(CO)c(CO)c1. The lowest BCUT2D eigenvalue weighted by Crippen LogP contribution is -2.44. The molecule has 2 amide bonds. The molecular weight excluding hydrogens is 300 g/mol. The van der Waals surface area contributed by atoms with Gasteiger partial charge in [0.25, 0.3) is 0 Å². The fourth-order valence-electron chi connectivity index (χ4n) is 2.14. The third-order valence-corrected chi connectivity index (χ3v) is 3.32. The molecule has 0 aliphatic carbocycles. The summed E-state index contributed by atoms with van der Waals surface area (Å²) in [5, 5.41) is 23.7. The number of amides is 2. The molecule has 0 heterocycles. The van der Waals surface area contributed by atoms with Crippen LogP contribution in [0.2, 0.25) is 0 Å². The van der Waals surface area contributed by atoms with Crippen LogP contribution in [-0.4, -0.2) is 35.4 Å². The summed E-state index contributed by atoms with van der Waals surface area (Å²) in [7, 11) is 1.24. The Hall–Kier alpha value is -2.12. The van der Waals surface area contributed by atoms with E-state index in [0.29, 0.717) is 23.2 Å². The van der Waals surface area contributed by atoms with E-state index in [4.69, 9.17) is 0 Å². The van der Waals surface area contributed by atoms with Gasteiger partial charge >= 0.3 is 6.09 Å². The van der Waals surface area contributed by atoms with Crippen LogP contribution in [0.25, 0.3) is 0 Å². The number of aliphatic hydroxyl groups excluding tert-OH is 2. The van der Waals surface area contributed by atoms with Crippen molar-refractivity contribution in [1.82, 2.24) is 5.32 Å². The molecule has 0 bridgehead atoms. The first-order valence-corrected chi connectivity index (χ1v) is 7.40. The van der Waals surface area contributed by atoms with Gasteiger partial charge in [0.15, 0.2) is 0 Å². The molecule has 0 aliphatic rings. The largest absolute Gasteiger partial charge is 0.453 e. The van der Waals surface area contributed by atoms with Crippen LogP contribution in [0.3, 0.4) is 0 Å². The van der Waals surface area contributed by atoms with Crippen LogP contribution >= 0.6 is 0 Å². The van der Waals surface area contributed by atoms with Gasteiger partial charge in [-0.2, -0.15) is 0 Å². The molecule has 0 saturated heterocycles. The van der Waals surface area contributed by atoms with Crippen LogP contribution < -0.4 is 10.6 Å². The van der Waals surface area contributed by atoms with Crippen molar-refractivity contribution in [3.05, 3.63) is 29.3 Å². The maximum Gasteiger partial charge on any atom is 0.407 e. The maximum absolute atomic E-state index is 12.4. The number of benzene rings is 1. The van der Waals surface area contributed by atoms with E-state index in [1.807, 2.05) is 13.8 Å². The van der Waals surface area contributed by atoms with Gasteiger partial charge in [0.2, 0.25) is 5.91 Å². The van der Waals surface area contributed by atoms with Crippen LogP contribution in [-0.2, 0) is 22.7 Å². The Balaban J connectivity index is 2.86. The molecule has 0 fully saturated rings. The minimum absolute atomic E-state index is 0.190. The second kappa shape index (κ2) is 9.12. The van der Waals surface area contributed by atoms with Gasteiger partial charge in [0.05, 0.1) is 20.3 Å². The summed E-state index contributed by atoms with van der Waals surface area (Å²) in [6, 6.07) is 4.13. The molecule has 4 N–H and O–H groups in total. The molecule has 1 atom stereocenters. The Morgan fingerprint density at radius 3 is 2.35 bits per heavy atom. The number of carbonyl (C=O) groups excluding carboxylic acids is 2. The van der Waals surface area contributed by atoms with Crippen molar-refractivity contribution in [2.75, 3.05) is 12.4 Å². The topological polar surface area (TPSA) is 108 Å².